The summed E-state index contributed by atoms with van der Waals surface area (Å²) < 4.78 is 7.69. The molecule has 0 saturated heterocycles. The molecule has 1 heterocycles. The molecule has 0 N–H and O–H groups in total. The Balaban J connectivity index is 2.59. The Bertz CT molecular complexity index is 587. The number of ether oxygens (including phenoxy) is 1. The summed E-state index contributed by atoms with van der Waals surface area (Å²) >= 11 is 6.27. The largest absolute Gasteiger partial charge is 0.377 e. The van der Waals surface area contributed by atoms with Crippen LogP contribution in [-0.2, 0) is 11.3 Å². The van der Waals surface area contributed by atoms with E-state index in [9.17, 15) is 0 Å². The molecule has 2 rings (SSSR count). The van der Waals surface area contributed by atoms with Crippen LogP contribution in [0.4, 0.5) is 0 Å². The van der Waals surface area contributed by atoms with Crippen molar-refractivity contribution in [1.29, 1.82) is 0 Å². The minimum atomic E-state index is -0.251. The van der Waals surface area contributed by atoms with E-state index in [0.717, 1.165) is 23.4 Å². The summed E-state index contributed by atoms with van der Waals surface area (Å²) in [4.78, 5) is 4.67. The molecule has 1 unspecified atom stereocenters. The van der Waals surface area contributed by atoms with Crippen LogP contribution in [-0.4, -0.2) is 22.3 Å². The van der Waals surface area contributed by atoms with Gasteiger partial charge in [-0.15, -0.1) is 11.6 Å². The predicted octanol–water partition coefficient (Wildman–Crippen LogP) is 4.07. The molecule has 0 bridgehead atoms. The third-order valence-electron chi connectivity index (χ3n) is 3.38. The first kappa shape index (κ1) is 14.4. The van der Waals surface area contributed by atoms with Crippen molar-refractivity contribution in [1.82, 2.24) is 9.55 Å². The van der Waals surface area contributed by atoms with Crippen LogP contribution in [0.2, 0.25) is 0 Å². The van der Waals surface area contributed by atoms with Gasteiger partial charge in [-0.05, 0) is 45.4 Å². The fourth-order valence-electron chi connectivity index (χ4n) is 2.17. The molecule has 3 nitrogen and oxygen atoms in total. The van der Waals surface area contributed by atoms with Gasteiger partial charge in [0.05, 0.1) is 28.6 Å². The molecule has 0 saturated carbocycles. The van der Waals surface area contributed by atoms with Crippen LogP contribution in [0.25, 0.3) is 11.0 Å². The van der Waals surface area contributed by atoms with Crippen molar-refractivity contribution in [2.75, 3.05) is 7.11 Å². The molecule has 104 valence electrons. The zero-order valence-corrected chi connectivity index (χ0v) is 13.0. The van der Waals surface area contributed by atoms with Crippen molar-refractivity contribution in [2.24, 2.45) is 0 Å². The molecule has 1 aromatic heterocycles. The highest BCUT2D eigenvalue weighted by molar-refractivity contribution is 6.20. The summed E-state index contributed by atoms with van der Waals surface area (Å²) in [5, 5.41) is -0.125. The number of hydrogen-bond donors (Lipinski definition) is 0. The van der Waals surface area contributed by atoms with E-state index in [4.69, 9.17) is 16.3 Å². The minimum Gasteiger partial charge on any atom is -0.377 e. The fraction of sp³-hybridized carbons (Fsp3) is 0.533. The van der Waals surface area contributed by atoms with Crippen LogP contribution < -0.4 is 0 Å². The maximum absolute atomic E-state index is 6.27. The highest BCUT2D eigenvalue weighted by Gasteiger charge is 2.23. The first-order valence-corrected chi connectivity index (χ1v) is 6.94. The first-order valence-electron chi connectivity index (χ1n) is 6.50. The Morgan fingerprint density at radius 3 is 2.68 bits per heavy atom. The molecule has 1 atom stereocenters. The number of fused-ring (bicyclic) bond motifs is 1. The summed E-state index contributed by atoms with van der Waals surface area (Å²) in [5.41, 5.74) is 3.06. The molecule has 0 aliphatic carbocycles. The predicted molar refractivity (Wildman–Crippen MR) is 79.8 cm³/mol. The lowest BCUT2D eigenvalue weighted by molar-refractivity contribution is 0.00843. The third kappa shape index (κ3) is 2.93. The second kappa shape index (κ2) is 5.14. The van der Waals surface area contributed by atoms with Crippen LogP contribution in [0.5, 0.6) is 0 Å². The second-order valence-corrected chi connectivity index (χ2v) is 6.28. The summed E-state index contributed by atoms with van der Waals surface area (Å²) in [7, 11) is 1.73. The van der Waals surface area contributed by atoms with Gasteiger partial charge in [-0.2, -0.15) is 0 Å². The van der Waals surface area contributed by atoms with Crippen molar-refractivity contribution in [3.8, 4) is 0 Å². The Hall–Kier alpha value is -1.06. The van der Waals surface area contributed by atoms with E-state index in [1.54, 1.807) is 7.11 Å². The third-order valence-corrected chi connectivity index (χ3v) is 3.58. The zero-order chi connectivity index (χ0) is 14.2. The number of hydrogen-bond acceptors (Lipinski definition) is 2. The van der Waals surface area contributed by atoms with Crippen molar-refractivity contribution >= 4 is 22.6 Å². The van der Waals surface area contributed by atoms with Crippen LogP contribution >= 0.6 is 11.6 Å². The lowest BCUT2D eigenvalue weighted by atomic mass is 10.1. The number of imidazole rings is 1. The van der Waals surface area contributed by atoms with Gasteiger partial charge in [-0.3, -0.25) is 0 Å². The van der Waals surface area contributed by atoms with Gasteiger partial charge in [0.25, 0.3) is 0 Å². The molecule has 0 aliphatic rings. The molecule has 0 spiro atoms. The number of benzene rings is 1. The maximum Gasteiger partial charge on any atom is 0.127 e. The van der Waals surface area contributed by atoms with Crippen LogP contribution in [0.3, 0.4) is 0 Å². The summed E-state index contributed by atoms with van der Waals surface area (Å²) in [6, 6.07) is 6.30. The Kier molecular flexibility index (Phi) is 3.88. The summed E-state index contributed by atoms with van der Waals surface area (Å²) in [6.45, 7) is 8.88. The lowest BCUT2D eigenvalue weighted by Gasteiger charge is -2.25. The maximum atomic E-state index is 6.27. The SMILES string of the molecule is COC(C)(C)Cn1c(C(C)Cl)nc2cc(C)ccc21. The highest BCUT2D eigenvalue weighted by Crippen LogP contribution is 2.27. The molecule has 0 amide bonds. The monoisotopic (exact) mass is 280 g/mol. The lowest BCUT2D eigenvalue weighted by Crippen LogP contribution is -2.29. The topological polar surface area (TPSA) is 27.1 Å². The van der Waals surface area contributed by atoms with Gasteiger partial charge in [-0.1, -0.05) is 6.07 Å². The van der Waals surface area contributed by atoms with Gasteiger partial charge in [0.1, 0.15) is 5.82 Å². The van der Waals surface area contributed by atoms with Gasteiger partial charge in [0.15, 0.2) is 0 Å². The van der Waals surface area contributed by atoms with Crippen molar-refractivity contribution < 1.29 is 4.74 Å². The van der Waals surface area contributed by atoms with E-state index in [1.165, 1.54) is 5.56 Å². The first-order chi connectivity index (χ1) is 8.84. The molecule has 1 aromatic carbocycles. The number of methoxy groups -OCH3 is 1. The van der Waals surface area contributed by atoms with Gasteiger partial charge in [0.2, 0.25) is 0 Å². The molecular formula is C15H21ClN2O. The molecule has 0 radical (unpaired) electrons. The molecule has 0 aliphatic heterocycles. The number of nitrogens with zero attached hydrogens (tertiary/aromatic N) is 2. The van der Waals surface area contributed by atoms with Gasteiger partial charge >= 0.3 is 0 Å². The van der Waals surface area contributed by atoms with Crippen LogP contribution in [0.1, 0.15) is 37.5 Å². The van der Waals surface area contributed by atoms with E-state index in [1.807, 2.05) is 6.92 Å². The van der Waals surface area contributed by atoms with Gasteiger partial charge in [-0.25, -0.2) is 4.98 Å². The molecule has 19 heavy (non-hydrogen) atoms. The van der Waals surface area contributed by atoms with Gasteiger partial charge in [0, 0.05) is 7.11 Å². The quantitative estimate of drug-likeness (QED) is 0.790. The standard InChI is InChI=1S/C15H21ClN2O/c1-10-6-7-13-12(8-10)17-14(11(2)16)18(13)9-15(3,4)19-5/h6-8,11H,9H2,1-5H3. The summed E-state index contributed by atoms with van der Waals surface area (Å²) in [5.74, 6) is 0.896. The highest BCUT2D eigenvalue weighted by atomic mass is 35.5. The van der Waals surface area contributed by atoms with Crippen molar-refractivity contribution in [3.05, 3.63) is 29.6 Å². The molecular weight excluding hydrogens is 260 g/mol. The minimum absolute atomic E-state index is 0.125. The number of halogens is 1. The Morgan fingerprint density at radius 2 is 2.11 bits per heavy atom. The van der Waals surface area contributed by atoms with E-state index in [-0.39, 0.29) is 11.0 Å². The van der Waals surface area contributed by atoms with E-state index in [0.29, 0.717) is 0 Å². The Labute approximate surface area is 119 Å². The summed E-state index contributed by atoms with van der Waals surface area (Å²) in [6.07, 6.45) is 0. The number of aromatic nitrogens is 2. The molecule has 0 fully saturated rings. The van der Waals surface area contributed by atoms with Crippen LogP contribution in [0.15, 0.2) is 18.2 Å². The van der Waals surface area contributed by atoms with Gasteiger partial charge < -0.3 is 9.30 Å². The number of rotatable bonds is 4. The van der Waals surface area contributed by atoms with E-state index in [2.05, 4.69) is 48.5 Å². The van der Waals surface area contributed by atoms with Crippen LogP contribution in [0, 0.1) is 6.92 Å². The molecule has 4 heteroatoms. The second-order valence-electron chi connectivity index (χ2n) is 5.63. The smallest absolute Gasteiger partial charge is 0.127 e. The number of aryl methyl sites for hydroxylation is 1. The normalized spacial score (nSPS) is 14.0. The van der Waals surface area contributed by atoms with E-state index >= 15 is 0 Å². The average Bonchev–Trinajstić information content (AvgIpc) is 2.67. The Morgan fingerprint density at radius 1 is 1.42 bits per heavy atom. The fourth-order valence-corrected chi connectivity index (χ4v) is 2.34. The van der Waals surface area contributed by atoms with E-state index < -0.39 is 0 Å². The number of alkyl halides is 1. The van der Waals surface area contributed by atoms with Crippen molar-refractivity contribution in [3.63, 3.8) is 0 Å². The van der Waals surface area contributed by atoms with Crippen molar-refractivity contribution in [2.45, 2.75) is 45.2 Å². The average molecular weight is 281 g/mol. The zero-order valence-electron chi connectivity index (χ0n) is 12.2. The molecule has 2 aromatic rings.